The normalized spacial score (nSPS) is 16.1. The highest BCUT2D eigenvalue weighted by Crippen LogP contribution is 2.35. The third kappa shape index (κ3) is 3.42. The highest BCUT2D eigenvalue weighted by Gasteiger charge is 2.23. The van der Waals surface area contributed by atoms with Crippen LogP contribution in [0.25, 0.3) is 10.2 Å². The van der Waals surface area contributed by atoms with E-state index in [1.54, 1.807) is 23.5 Å². The number of carbonyl (C=O) groups is 2. The third-order valence-electron chi connectivity index (χ3n) is 4.84. The fourth-order valence-corrected chi connectivity index (χ4v) is 4.78. The molecule has 0 spiro atoms. The Labute approximate surface area is 159 Å². The maximum atomic E-state index is 12.5. The molecule has 0 saturated carbocycles. The summed E-state index contributed by atoms with van der Waals surface area (Å²) in [6.07, 6.45) is 3.68. The molecule has 4 rings (SSSR count). The highest BCUT2D eigenvalue weighted by atomic mass is 32.1. The Bertz CT molecular complexity index is 1080. The van der Waals surface area contributed by atoms with E-state index in [1.165, 1.54) is 17.0 Å². The molecule has 0 bridgehead atoms. The molecule has 27 heavy (non-hydrogen) atoms. The maximum absolute atomic E-state index is 12.5. The number of thiophene rings is 1. The van der Waals surface area contributed by atoms with Crippen molar-refractivity contribution in [1.29, 1.82) is 0 Å². The van der Waals surface area contributed by atoms with Crippen molar-refractivity contribution in [1.82, 2.24) is 9.97 Å². The van der Waals surface area contributed by atoms with E-state index in [9.17, 15) is 14.4 Å². The smallest absolute Gasteiger partial charge is 0.338 e. The summed E-state index contributed by atoms with van der Waals surface area (Å²) in [6, 6.07) is 6.15. The molecule has 0 amide bonds. The molecule has 2 heterocycles. The van der Waals surface area contributed by atoms with Gasteiger partial charge < -0.3 is 9.72 Å². The summed E-state index contributed by atoms with van der Waals surface area (Å²) in [7, 11) is 0. The number of ether oxygens (including phenoxy) is 1. The summed E-state index contributed by atoms with van der Waals surface area (Å²) in [5.74, 6) is 0.419. The van der Waals surface area contributed by atoms with Gasteiger partial charge in [-0.3, -0.25) is 9.59 Å². The van der Waals surface area contributed by atoms with Gasteiger partial charge in [0.2, 0.25) is 0 Å². The van der Waals surface area contributed by atoms with Crippen molar-refractivity contribution >= 4 is 33.8 Å². The van der Waals surface area contributed by atoms with E-state index in [0.29, 0.717) is 39.4 Å². The number of carbonyl (C=O) groups excluding carboxylic acids is 2. The predicted octanol–water partition coefficient (Wildman–Crippen LogP) is 3.28. The van der Waals surface area contributed by atoms with Crippen LogP contribution in [0, 0.1) is 5.92 Å². The van der Waals surface area contributed by atoms with Gasteiger partial charge in [0.1, 0.15) is 23.5 Å². The van der Waals surface area contributed by atoms with Gasteiger partial charge >= 0.3 is 5.97 Å². The van der Waals surface area contributed by atoms with Crippen molar-refractivity contribution in [3.63, 3.8) is 0 Å². The molecule has 1 aliphatic rings. The lowest BCUT2D eigenvalue weighted by molar-refractivity contribution is 0.0462. The predicted molar refractivity (Wildman–Crippen MR) is 102 cm³/mol. The maximum Gasteiger partial charge on any atom is 0.338 e. The number of esters is 1. The zero-order valence-corrected chi connectivity index (χ0v) is 15.6. The topological polar surface area (TPSA) is 89.1 Å². The number of aromatic nitrogens is 2. The third-order valence-corrected chi connectivity index (χ3v) is 5.99. The molecule has 2 aromatic heterocycles. The molecule has 1 aliphatic carbocycles. The SMILES string of the molecule is C[C@H]1CCc2c(sc3nc(COC(=O)c4ccc(C=O)cc4)[nH]c(=O)c23)C1. The summed E-state index contributed by atoms with van der Waals surface area (Å²) >= 11 is 1.56. The Morgan fingerprint density at radius 1 is 1.37 bits per heavy atom. The second-order valence-electron chi connectivity index (χ2n) is 6.86. The number of aromatic amines is 1. The number of aldehydes is 1. The van der Waals surface area contributed by atoms with Crippen LogP contribution in [0.3, 0.4) is 0 Å². The molecule has 1 atom stereocenters. The monoisotopic (exact) mass is 382 g/mol. The van der Waals surface area contributed by atoms with E-state index in [0.717, 1.165) is 24.8 Å². The molecule has 0 unspecified atom stereocenters. The summed E-state index contributed by atoms with van der Waals surface area (Å²) < 4.78 is 5.26. The summed E-state index contributed by atoms with van der Waals surface area (Å²) in [5, 5.41) is 0.682. The molecule has 0 fully saturated rings. The first-order valence-corrected chi connectivity index (χ1v) is 9.62. The number of benzene rings is 1. The first-order chi connectivity index (χ1) is 13.0. The Morgan fingerprint density at radius 3 is 2.89 bits per heavy atom. The van der Waals surface area contributed by atoms with E-state index in [2.05, 4.69) is 16.9 Å². The van der Waals surface area contributed by atoms with Crippen LogP contribution in [0.2, 0.25) is 0 Å². The standard InChI is InChI=1S/C20H18N2O4S/c1-11-2-7-14-15(8-11)27-19-17(14)18(24)21-16(22-19)10-26-20(25)13-5-3-12(9-23)4-6-13/h3-6,9,11H,2,7-8,10H2,1H3,(H,21,22,24)/t11-/m0/s1. The molecule has 138 valence electrons. The van der Waals surface area contributed by atoms with Gasteiger partial charge in [-0.15, -0.1) is 11.3 Å². The first kappa shape index (κ1) is 17.6. The molecular weight excluding hydrogens is 364 g/mol. The van der Waals surface area contributed by atoms with Crippen LogP contribution in [-0.2, 0) is 24.2 Å². The summed E-state index contributed by atoms with van der Waals surface area (Å²) in [4.78, 5) is 44.5. The molecule has 1 aromatic carbocycles. The Balaban J connectivity index is 1.54. The van der Waals surface area contributed by atoms with Crippen molar-refractivity contribution in [3.8, 4) is 0 Å². The number of rotatable bonds is 4. The van der Waals surface area contributed by atoms with Crippen LogP contribution in [0.1, 0.15) is 50.3 Å². The van der Waals surface area contributed by atoms with Crippen LogP contribution >= 0.6 is 11.3 Å². The molecule has 0 saturated heterocycles. The van der Waals surface area contributed by atoms with Gasteiger partial charge in [-0.05, 0) is 42.9 Å². The van der Waals surface area contributed by atoms with Crippen LogP contribution in [0.5, 0.6) is 0 Å². The molecule has 6 nitrogen and oxygen atoms in total. The van der Waals surface area contributed by atoms with Crippen LogP contribution in [0.4, 0.5) is 0 Å². The zero-order valence-electron chi connectivity index (χ0n) is 14.8. The first-order valence-electron chi connectivity index (χ1n) is 8.81. The van der Waals surface area contributed by atoms with Gasteiger partial charge in [0.05, 0.1) is 10.9 Å². The fourth-order valence-electron chi connectivity index (χ4n) is 3.38. The number of H-pyrrole nitrogens is 1. The Kier molecular flexibility index (Phi) is 4.61. The van der Waals surface area contributed by atoms with Crippen molar-refractivity contribution in [2.75, 3.05) is 0 Å². The number of hydrogen-bond donors (Lipinski definition) is 1. The van der Waals surface area contributed by atoms with Gasteiger partial charge in [-0.25, -0.2) is 9.78 Å². The average Bonchev–Trinajstić information content (AvgIpc) is 3.03. The minimum absolute atomic E-state index is 0.113. The molecule has 0 aliphatic heterocycles. The lowest BCUT2D eigenvalue weighted by Gasteiger charge is -2.17. The van der Waals surface area contributed by atoms with E-state index >= 15 is 0 Å². The second-order valence-corrected chi connectivity index (χ2v) is 7.94. The van der Waals surface area contributed by atoms with Crippen molar-refractivity contribution in [2.45, 2.75) is 32.8 Å². The van der Waals surface area contributed by atoms with E-state index in [1.807, 2.05) is 0 Å². The van der Waals surface area contributed by atoms with E-state index < -0.39 is 5.97 Å². The molecule has 3 aromatic rings. The summed E-state index contributed by atoms with van der Waals surface area (Å²) in [5.41, 5.74) is 1.78. The minimum Gasteiger partial charge on any atom is -0.454 e. The van der Waals surface area contributed by atoms with Crippen molar-refractivity contribution in [2.24, 2.45) is 5.92 Å². The largest absolute Gasteiger partial charge is 0.454 e. The van der Waals surface area contributed by atoms with Crippen molar-refractivity contribution in [3.05, 3.63) is 62.0 Å². The lowest BCUT2D eigenvalue weighted by atomic mass is 9.89. The fraction of sp³-hybridized carbons (Fsp3) is 0.300. The summed E-state index contributed by atoms with van der Waals surface area (Å²) in [6.45, 7) is 2.11. The number of hydrogen-bond acceptors (Lipinski definition) is 6. The molecule has 7 heteroatoms. The minimum atomic E-state index is -0.533. The van der Waals surface area contributed by atoms with Crippen LogP contribution in [0.15, 0.2) is 29.1 Å². The van der Waals surface area contributed by atoms with E-state index in [4.69, 9.17) is 4.74 Å². The second kappa shape index (κ2) is 7.08. The van der Waals surface area contributed by atoms with Gasteiger partial charge in [0.25, 0.3) is 5.56 Å². The number of nitrogens with one attached hydrogen (secondary N) is 1. The van der Waals surface area contributed by atoms with E-state index in [-0.39, 0.29) is 12.2 Å². The average molecular weight is 382 g/mol. The van der Waals surface area contributed by atoms with Crippen LogP contribution < -0.4 is 5.56 Å². The lowest BCUT2D eigenvalue weighted by Crippen LogP contribution is -2.16. The van der Waals surface area contributed by atoms with Gasteiger partial charge in [-0.1, -0.05) is 19.1 Å². The van der Waals surface area contributed by atoms with Crippen molar-refractivity contribution < 1.29 is 14.3 Å². The molecule has 1 N–H and O–H groups in total. The molecular formula is C20H18N2O4S. The van der Waals surface area contributed by atoms with Gasteiger partial charge in [0, 0.05) is 10.4 Å². The number of nitrogens with zero attached hydrogens (tertiary/aromatic N) is 1. The zero-order chi connectivity index (χ0) is 19.0. The Hall–Kier alpha value is -2.80. The van der Waals surface area contributed by atoms with Gasteiger partial charge in [0.15, 0.2) is 0 Å². The van der Waals surface area contributed by atoms with Gasteiger partial charge in [-0.2, -0.15) is 0 Å². The highest BCUT2D eigenvalue weighted by molar-refractivity contribution is 7.18. The Morgan fingerprint density at radius 2 is 2.15 bits per heavy atom. The molecule has 0 radical (unpaired) electrons. The quantitative estimate of drug-likeness (QED) is 0.552. The number of fused-ring (bicyclic) bond motifs is 3. The number of aryl methyl sites for hydroxylation is 1. The van der Waals surface area contributed by atoms with Crippen LogP contribution in [-0.4, -0.2) is 22.2 Å².